The van der Waals surface area contributed by atoms with Gasteiger partial charge in [0.2, 0.25) is 15.9 Å². The molecule has 0 aliphatic rings. The van der Waals surface area contributed by atoms with E-state index in [1.807, 2.05) is 37.4 Å². The Labute approximate surface area is 159 Å². The van der Waals surface area contributed by atoms with Gasteiger partial charge in [0.15, 0.2) is 0 Å². The second kappa shape index (κ2) is 9.21. The van der Waals surface area contributed by atoms with Crippen LogP contribution in [0.4, 0.5) is 0 Å². The van der Waals surface area contributed by atoms with Gasteiger partial charge in [-0.05, 0) is 43.0 Å². The molecule has 2 aromatic rings. The van der Waals surface area contributed by atoms with Crippen molar-refractivity contribution in [1.29, 1.82) is 0 Å². The molecule has 0 radical (unpaired) electrons. The largest absolute Gasteiger partial charge is 0.348 e. The zero-order valence-corrected chi connectivity index (χ0v) is 16.8. The number of carbonyl (C=O) groups excluding carboxylic acids is 1. The summed E-state index contributed by atoms with van der Waals surface area (Å²) in [6, 6.07) is 15.9. The predicted octanol–water partition coefficient (Wildman–Crippen LogP) is 3.30. The summed E-state index contributed by atoms with van der Waals surface area (Å²) in [5.41, 5.74) is 0.977. The molecule has 0 saturated carbocycles. The summed E-state index contributed by atoms with van der Waals surface area (Å²) < 4.78 is 26.5. The van der Waals surface area contributed by atoms with Crippen molar-refractivity contribution >= 4 is 27.7 Å². The van der Waals surface area contributed by atoms with Crippen LogP contribution < -0.4 is 5.32 Å². The van der Waals surface area contributed by atoms with Crippen molar-refractivity contribution in [2.24, 2.45) is 0 Å². The third-order valence-electron chi connectivity index (χ3n) is 4.05. The molecule has 0 heterocycles. The van der Waals surface area contributed by atoms with Gasteiger partial charge in [0.1, 0.15) is 0 Å². The van der Waals surface area contributed by atoms with E-state index in [1.165, 1.54) is 16.4 Å². The van der Waals surface area contributed by atoms with Crippen molar-refractivity contribution in [2.45, 2.75) is 29.7 Å². The van der Waals surface area contributed by atoms with Crippen LogP contribution in [0, 0.1) is 0 Å². The fourth-order valence-electron chi connectivity index (χ4n) is 2.53. The zero-order chi connectivity index (χ0) is 19.2. The summed E-state index contributed by atoms with van der Waals surface area (Å²) in [6.07, 6.45) is 2.01. The molecular weight excluding hydrogens is 368 g/mol. The second-order valence-electron chi connectivity index (χ2n) is 5.81. The molecule has 0 saturated heterocycles. The Bertz CT molecular complexity index is 822. The van der Waals surface area contributed by atoms with Crippen molar-refractivity contribution in [3.05, 3.63) is 60.2 Å². The highest BCUT2D eigenvalue weighted by Crippen LogP contribution is 2.19. The topological polar surface area (TPSA) is 66.5 Å². The molecule has 1 N–H and O–H groups in total. The van der Waals surface area contributed by atoms with E-state index in [0.717, 1.165) is 10.5 Å². The average molecular weight is 393 g/mol. The molecular formula is C19H24N2O3S2. The summed E-state index contributed by atoms with van der Waals surface area (Å²) in [4.78, 5) is 13.7. The van der Waals surface area contributed by atoms with Crippen LogP contribution in [0.15, 0.2) is 64.4 Å². The number of likely N-dealkylation sites (N-methyl/N-ethyl adjacent to an activating group) is 1. The van der Waals surface area contributed by atoms with Gasteiger partial charge in [-0.25, -0.2) is 8.42 Å². The molecule has 0 aromatic heterocycles. The van der Waals surface area contributed by atoms with Crippen molar-refractivity contribution < 1.29 is 13.2 Å². The van der Waals surface area contributed by atoms with Crippen molar-refractivity contribution in [2.75, 3.05) is 19.3 Å². The first-order chi connectivity index (χ1) is 12.4. The zero-order valence-electron chi connectivity index (χ0n) is 15.2. The van der Waals surface area contributed by atoms with E-state index in [2.05, 4.69) is 5.32 Å². The molecule has 7 heteroatoms. The van der Waals surface area contributed by atoms with E-state index in [0.29, 0.717) is 0 Å². The SMILES string of the molecule is CCN(CC(=O)N[C@@H](C)c1ccc(SC)cc1)S(=O)(=O)c1ccccc1. The number of benzene rings is 2. The van der Waals surface area contributed by atoms with E-state index >= 15 is 0 Å². The van der Waals surface area contributed by atoms with E-state index in [4.69, 9.17) is 0 Å². The third-order valence-corrected chi connectivity index (χ3v) is 6.73. The number of thioether (sulfide) groups is 1. The summed E-state index contributed by atoms with van der Waals surface area (Å²) in [6.45, 7) is 3.62. The quantitative estimate of drug-likeness (QED) is 0.700. The van der Waals surface area contributed by atoms with Gasteiger partial charge in [-0.3, -0.25) is 4.79 Å². The molecule has 0 aliphatic heterocycles. The highest BCUT2D eigenvalue weighted by molar-refractivity contribution is 7.98. The lowest BCUT2D eigenvalue weighted by Gasteiger charge is -2.22. The van der Waals surface area contributed by atoms with E-state index in [9.17, 15) is 13.2 Å². The number of rotatable bonds is 8. The molecule has 1 atom stereocenters. The molecule has 140 valence electrons. The first kappa shape index (κ1) is 20.5. The lowest BCUT2D eigenvalue weighted by atomic mass is 10.1. The van der Waals surface area contributed by atoms with Gasteiger partial charge in [0.25, 0.3) is 0 Å². The number of hydrogen-bond donors (Lipinski definition) is 1. The number of amides is 1. The standard InChI is InChI=1S/C19H24N2O3S2/c1-4-21(26(23,24)18-8-6-5-7-9-18)14-19(22)20-15(2)16-10-12-17(25-3)13-11-16/h5-13,15H,4,14H2,1-3H3,(H,20,22)/t15-/m0/s1. The molecule has 0 fully saturated rings. The second-order valence-corrected chi connectivity index (χ2v) is 8.62. The number of nitrogens with one attached hydrogen (secondary N) is 1. The summed E-state index contributed by atoms with van der Waals surface area (Å²) >= 11 is 1.65. The molecule has 5 nitrogen and oxygen atoms in total. The van der Waals surface area contributed by atoms with Gasteiger partial charge in [-0.15, -0.1) is 11.8 Å². The number of hydrogen-bond acceptors (Lipinski definition) is 4. The highest BCUT2D eigenvalue weighted by Gasteiger charge is 2.25. The molecule has 0 bridgehead atoms. The maximum absolute atomic E-state index is 12.7. The van der Waals surface area contributed by atoms with Crippen LogP contribution in [-0.4, -0.2) is 38.0 Å². The minimum atomic E-state index is -3.69. The maximum atomic E-state index is 12.7. The lowest BCUT2D eigenvalue weighted by Crippen LogP contribution is -2.41. The number of sulfonamides is 1. The van der Waals surface area contributed by atoms with Crippen LogP contribution in [0.5, 0.6) is 0 Å². The minimum Gasteiger partial charge on any atom is -0.348 e. The van der Waals surface area contributed by atoms with Crippen LogP contribution in [0.3, 0.4) is 0 Å². The van der Waals surface area contributed by atoms with Gasteiger partial charge in [-0.1, -0.05) is 37.3 Å². The molecule has 1 amide bonds. The Morgan fingerprint density at radius 3 is 2.27 bits per heavy atom. The van der Waals surface area contributed by atoms with Gasteiger partial charge in [-0.2, -0.15) is 4.31 Å². The number of nitrogens with zero attached hydrogens (tertiary/aromatic N) is 1. The molecule has 2 aromatic carbocycles. The van der Waals surface area contributed by atoms with Crippen LogP contribution in [0.1, 0.15) is 25.5 Å². The summed E-state index contributed by atoms with van der Waals surface area (Å²) in [5, 5.41) is 2.87. The van der Waals surface area contributed by atoms with Crippen molar-refractivity contribution in [1.82, 2.24) is 9.62 Å². The molecule has 0 aliphatic carbocycles. The first-order valence-electron chi connectivity index (χ1n) is 8.37. The molecule has 26 heavy (non-hydrogen) atoms. The van der Waals surface area contributed by atoms with E-state index in [1.54, 1.807) is 36.9 Å². The Hall–Kier alpha value is -1.83. The Morgan fingerprint density at radius 1 is 1.12 bits per heavy atom. The fraction of sp³-hybridized carbons (Fsp3) is 0.316. The smallest absolute Gasteiger partial charge is 0.243 e. The van der Waals surface area contributed by atoms with Crippen LogP contribution in [0.25, 0.3) is 0 Å². The van der Waals surface area contributed by atoms with E-state index in [-0.39, 0.29) is 29.9 Å². The normalized spacial score (nSPS) is 12.8. The Morgan fingerprint density at radius 2 is 1.73 bits per heavy atom. The highest BCUT2D eigenvalue weighted by atomic mass is 32.2. The monoisotopic (exact) mass is 392 g/mol. The van der Waals surface area contributed by atoms with Crippen LogP contribution >= 0.6 is 11.8 Å². The predicted molar refractivity (Wildman–Crippen MR) is 106 cm³/mol. The summed E-state index contributed by atoms with van der Waals surface area (Å²) in [7, 11) is -3.69. The Kier molecular flexibility index (Phi) is 7.25. The van der Waals surface area contributed by atoms with Gasteiger partial charge < -0.3 is 5.32 Å². The first-order valence-corrected chi connectivity index (χ1v) is 11.0. The van der Waals surface area contributed by atoms with Crippen molar-refractivity contribution in [3.63, 3.8) is 0 Å². The fourth-order valence-corrected chi connectivity index (χ4v) is 4.37. The van der Waals surface area contributed by atoms with Crippen LogP contribution in [0.2, 0.25) is 0 Å². The van der Waals surface area contributed by atoms with Gasteiger partial charge in [0.05, 0.1) is 17.5 Å². The maximum Gasteiger partial charge on any atom is 0.243 e. The van der Waals surface area contributed by atoms with Gasteiger partial charge in [0, 0.05) is 11.4 Å². The minimum absolute atomic E-state index is 0.190. The van der Waals surface area contributed by atoms with Crippen LogP contribution in [-0.2, 0) is 14.8 Å². The molecule has 2 rings (SSSR count). The van der Waals surface area contributed by atoms with Gasteiger partial charge >= 0.3 is 0 Å². The van der Waals surface area contributed by atoms with E-state index < -0.39 is 10.0 Å². The third kappa shape index (κ3) is 5.09. The number of carbonyl (C=O) groups is 1. The average Bonchev–Trinajstić information content (AvgIpc) is 2.66. The van der Waals surface area contributed by atoms with Crippen molar-refractivity contribution in [3.8, 4) is 0 Å². The Balaban J connectivity index is 2.04. The summed E-state index contributed by atoms with van der Waals surface area (Å²) in [5.74, 6) is -0.326. The molecule has 0 spiro atoms. The molecule has 0 unspecified atom stereocenters. The lowest BCUT2D eigenvalue weighted by molar-refractivity contribution is -0.121.